The van der Waals surface area contributed by atoms with Gasteiger partial charge in [0, 0.05) is 0 Å². The number of ether oxygens (including phenoxy) is 1. The van der Waals surface area contributed by atoms with Gasteiger partial charge in [-0.25, -0.2) is 0 Å². The molecule has 0 unspecified atom stereocenters. The Morgan fingerprint density at radius 1 is 1.46 bits per heavy atom. The van der Waals surface area contributed by atoms with Gasteiger partial charge in [0.05, 0.1) is 12.7 Å². The highest BCUT2D eigenvalue weighted by atomic mass is 127. The third kappa shape index (κ3) is 8.25. The summed E-state index contributed by atoms with van der Waals surface area (Å²) in [4.78, 5) is 0. The van der Waals surface area contributed by atoms with Crippen LogP contribution in [0.4, 0.5) is 0 Å². The molecule has 0 aromatic heterocycles. The molecule has 0 bridgehead atoms. The number of hydrogen-bond acceptors (Lipinski definition) is 1. The minimum absolute atomic E-state index is 0. The quantitative estimate of drug-likeness (QED) is 0.536. The Balaban J connectivity index is 0. The smallest absolute Gasteiger partial charge is 0.0720 e. The molecule has 2 heteroatoms. The molecule has 0 heterocycles. The van der Waals surface area contributed by atoms with Crippen LogP contribution in [-0.4, -0.2) is 12.7 Å². The van der Waals surface area contributed by atoms with Crippen molar-refractivity contribution in [2.75, 3.05) is 6.61 Å². The molecule has 0 spiro atoms. The van der Waals surface area contributed by atoms with Crippen molar-refractivity contribution in [1.29, 1.82) is 0 Å². The van der Waals surface area contributed by atoms with E-state index in [9.17, 15) is 0 Å². The van der Waals surface area contributed by atoms with Crippen molar-refractivity contribution < 1.29 is 4.74 Å². The Morgan fingerprint density at radius 2 is 2.08 bits per heavy atom. The first-order valence-electron chi connectivity index (χ1n) is 4.30. The van der Waals surface area contributed by atoms with Crippen molar-refractivity contribution in [2.24, 2.45) is 0 Å². The zero-order valence-corrected chi connectivity index (χ0v) is 10.8. The van der Waals surface area contributed by atoms with Crippen molar-refractivity contribution in [3.05, 3.63) is 37.0 Å². The highest BCUT2D eigenvalue weighted by molar-refractivity contribution is 14.0. The first-order valence-corrected chi connectivity index (χ1v) is 4.30. The predicted octanol–water partition coefficient (Wildman–Crippen LogP) is 3.72. The van der Waals surface area contributed by atoms with Crippen LogP contribution in [0.3, 0.4) is 0 Å². The minimum atomic E-state index is 0. The minimum Gasteiger partial charge on any atom is -0.374 e. The van der Waals surface area contributed by atoms with E-state index in [0.717, 1.165) is 12.0 Å². The SMILES string of the molecule is C=C/C=C(\C=C)CO[C@H](C)CC.I. The van der Waals surface area contributed by atoms with Crippen molar-refractivity contribution in [2.45, 2.75) is 26.4 Å². The molecule has 0 aromatic rings. The van der Waals surface area contributed by atoms with Gasteiger partial charge in [0.1, 0.15) is 0 Å². The number of rotatable bonds is 6. The predicted molar refractivity (Wildman–Crippen MR) is 69.6 cm³/mol. The fraction of sp³-hybridized carbons (Fsp3) is 0.455. The third-order valence-corrected chi connectivity index (χ3v) is 1.70. The molecule has 0 radical (unpaired) electrons. The average molecular weight is 294 g/mol. The van der Waals surface area contributed by atoms with E-state index in [2.05, 4.69) is 27.0 Å². The van der Waals surface area contributed by atoms with Crippen molar-refractivity contribution in [1.82, 2.24) is 0 Å². The molecular formula is C11H19IO. The molecule has 13 heavy (non-hydrogen) atoms. The first kappa shape index (κ1) is 15.4. The highest BCUT2D eigenvalue weighted by Gasteiger charge is 1.98. The van der Waals surface area contributed by atoms with E-state index in [0.29, 0.717) is 12.7 Å². The standard InChI is InChI=1S/C11H18O.HI/c1-5-8-11(7-3)9-12-10(4)6-2;/h5,7-8,10H,1,3,6,9H2,2,4H3;1H/b11-8+;/t10-;/m1./s1. The monoisotopic (exact) mass is 294 g/mol. The number of hydrogen-bond donors (Lipinski definition) is 0. The van der Waals surface area contributed by atoms with E-state index < -0.39 is 0 Å². The molecule has 0 aliphatic heterocycles. The molecule has 0 aliphatic carbocycles. The second-order valence-electron chi connectivity index (χ2n) is 2.71. The second-order valence-corrected chi connectivity index (χ2v) is 2.71. The fourth-order valence-corrected chi connectivity index (χ4v) is 0.683. The van der Waals surface area contributed by atoms with E-state index in [1.807, 2.05) is 6.08 Å². The van der Waals surface area contributed by atoms with Gasteiger partial charge in [-0.1, -0.05) is 38.3 Å². The molecule has 0 amide bonds. The van der Waals surface area contributed by atoms with Crippen LogP contribution >= 0.6 is 24.0 Å². The molecule has 0 rings (SSSR count). The zero-order valence-electron chi connectivity index (χ0n) is 8.45. The molecule has 76 valence electrons. The third-order valence-electron chi connectivity index (χ3n) is 1.70. The van der Waals surface area contributed by atoms with Gasteiger partial charge in [-0.3, -0.25) is 0 Å². The van der Waals surface area contributed by atoms with Crippen LogP contribution in [0, 0.1) is 0 Å². The van der Waals surface area contributed by atoms with Crippen LogP contribution in [0.2, 0.25) is 0 Å². The van der Waals surface area contributed by atoms with Gasteiger partial charge in [-0.15, -0.1) is 24.0 Å². The first-order chi connectivity index (χ1) is 5.74. The lowest BCUT2D eigenvalue weighted by molar-refractivity contribution is 0.0823. The van der Waals surface area contributed by atoms with Crippen LogP contribution in [0.1, 0.15) is 20.3 Å². The van der Waals surface area contributed by atoms with Crippen molar-refractivity contribution >= 4 is 24.0 Å². The lowest BCUT2D eigenvalue weighted by Gasteiger charge is -2.10. The summed E-state index contributed by atoms with van der Waals surface area (Å²) in [6.07, 6.45) is 6.81. The Labute approximate surface area is 98.6 Å². The van der Waals surface area contributed by atoms with Gasteiger partial charge in [0.2, 0.25) is 0 Å². The van der Waals surface area contributed by atoms with E-state index >= 15 is 0 Å². The van der Waals surface area contributed by atoms with Gasteiger partial charge >= 0.3 is 0 Å². The number of allylic oxidation sites excluding steroid dienone is 2. The lowest BCUT2D eigenvalue weighted by atomic mass is 10.2. The fourth-order valence-electron chi connectivity index (χ4n) is 0.683. The van der Waals surface area contributed by atoms with Crippen LogP contribution < -0.4 is 0 Å². The van der Waals surface area contributed by atoms with Gasteiger partial charge in [0.15, 0.2) is 0 Å². The summed E-state index contributed by atoms with van der Waals surface area (Å²) in [5.74, 6) is 0. The highest BCUT2D eigenvalue weighted by Crippen LogP contribution is 2.02. The molecule has 0 aromatic carbocycles. The van der Waals surface area contributed by atoms with Gasteiger partial charge in [0.25, 0.3) is 0 Å². The summed E-state index contributed by atoms with van der Waals surface area (Å²) in [5.41, 5.74) is 1.07. The van der Waals surface area contributed by atoms with Gasteiger partial charge in [-0.05, 0) is 18.9 Å². The van der Waals surface area contributed by atoms with Gasteiger partial charge < -0.3 is 4.74 Å². The zero-order chi connectivity index (χ0) is 9.40. The molecule has 1 nitrogen and oxygen atoms in total. The lowest BCUT2D eigenvalue weighted by Crippen LogP contribution is -2.08. The van der Waals surface area contributed by atoms with E-state index in [4.69, 9.17) is 4.74 Å². The van der Waals surface area contributed by atoms with Crippen molar-refractivity contribution in [3.63, 3.8) is 0 Å². The normalized spacial score (nSPS) is 12.9. The maximum Gasteiger partial charge on any atom is 0.0720 e. The van der Waals surface area contributed by atoms with Crippen molar-refractivity contribution in [3.8, 4) is 0 Å². The summed E-state index contributed by atoms with van der Waals surface area (Å²) >= 11 is 0. The molecule has 0 saturated carbocycles. The Hall–Kier alpha value is -0.0900. The molecule has 0 aliphatic rings. The molecule has 1 atom stereocenters. The maximum absolute atomic E-state index is 5.51. The van der Waals surface area contributed by atoms with E-state index in [1.165, 1.54) is 0 Å². The summed E-state index contributed by atoms with van der Waals surface area (Å²) in [7, 11) is 0. The van der Waals surface area contributed by atoms with Crippen LogP contribution in [0.25, 0.3) is 0 Å². The topological polar surface area (TPSA) is 9.23 Å². The Kier molecular flexibility index (Phi) is 11.8. The Bertz CT molecular complexity index is 173. The van der Waals surface area contributed by atoms with E-state index in [-0.39, 0.29) is 24.0 Å². The summed E-state index contributed by atoms with van der Waals surface area (Å²) in [6, 6.07) is 0. The van der Waals surface area contributed by atoms with Gasteiger partial charge in [-0.2, -0.15) is 0 Å². The molecule has 0 saturated heterocycles. The van der Waals surface area contributed by atoms with Crippen LogP contribution in [0.5, 0.6) is 0 Å². The van der Waals surface area contributed by atoms with Crippen LogP contribution in [0.15, 0.2) is 37.0 Å². The summed E-state index contributed by atoms with van der Waals surface area (Å²) in [6.45, 7) is 12.1. The van der Waals surface area contributed by atoms with E-state index in [1.54, 1.807) is 12.2 Å². The largest absolute Gasteiger partial charge is 0.374 e. The van der Waals surface area contributed by atoms with Crippen LogP contribution in [-0.2, 0) is 4.74 Å². The summed E-state index contributed by atoms with van der Waals surface area (Å²) in [5, 5.41) is 0. The molecule has 0 fully saturated rings. The molecule has 0 N–H and O–H groups in total. The average Bonchev–Trinajstić information content (AvgIpc) is 2.11. The second kappa shape index (κ2) is 9.99. The number of halogens is 1. The maximum atomic E-state index is 5.51. The molecular weight excluding hydrogens is 275 g/mol. The summed E-state index contributed by atoms with van der Waals surface area (Å²) < 4.78 is 5.51. The Morgan fingerprint density at radius 3 is 2.46 bits per heavy atom.